The molecule has 0 unspecified atom stereocenters. The Balaban J connectivity index is 1.95. The highest BCUT2D eigenvalue weighted by atomic mass is 35.5. The van der Waals surface area contributed by atoms with Crippen LogP contribution >= 0.6 is 23.2 Å². The van der Waals surface area contributed by atoms with Crippen molar-refractivity contribution in [1.29, 1.82) is 0 Å². The smallest absolute Gasteiger partial charge is 0.363 e. The van der Waals surface area contributed by atoms with Crippen molar-refractivity contribution in [2.75, 3.05) is 7.11 Å². The summed E-state index contributed by atoms with van der Waals surface area (Å²) in [6, 6.07) is 9.61. The SMILES string of the molecule is COc1cc(/C=C2/N=C(c3cc(Cl)ccc3Cl)OC2=O)ccc1OC(C)=O. The first-order valence-corrected chi connectivity index (χ1v) is 8.47. The van der Waals surface area contributed by atoms with E-state index in [1.54, 1.807) is 36.4 Å². The van der Waals surface area contributed by atoms with Gasteiger partial charge in [0.25, 0.3) is 0 Å². The van der Waals surface area contributed by atoms with Crippen LogP contribution < -0.4 is 9.47 Å². The fraction of sp³-hybridized carbons (Fsp3) is 0.105. The van der Waals surface area contributed by atoms with Gasteiger partial charge in [-0.25, -0.2) is 9.79 Å². The molecule has 0 atom stereocenters. The fourth-order valence-corrected chi connectivity index (χ4v) is 2.73. The second kappa shape index (κ2) is 7.82. The largest absolute Gasteiger partial charge is 0.493 e. The van der Waals surface area contributed by atoms with E-state index in [1.807, 2.05) is 0 Å². The van der Waals surface area contributed by atoms with Crippen LogP contribution in [0.25, 0.3) is 6.08 Å². The molecule has 1 heterocycles. The Labute approximate surface area is 165 Å². The summed E-state index contributed by atoms with van der Waals surface area (Å²) in [5.74, 6) is -0.401. The van der Waals surface area contributed by atoms with E-state index >= 15 is 0 Å². The van der Waals surface area contributed by atoms with Crippen molar-refractivity contribution in [3.05, 3.63) is 63.3 Å². The van der Waals surface area contributed by atoms with E-state index < -0.39 is 11.9 Å². The van der Waals surface area contributed by atoms with Gasteiger partial charge in [-0.05, 0) is 42.0 Å². The summed E-state index contributed by atoms with van der Waals surface area (Å²) in [5.41, 5.74) is 1.11. The van der Waals surface area contributed by atoms with Gasteiger partial charge in [0, 0.05) is 11.9 Å². The lowest BCUT2D eigenvalue weighted by Gasteiger charge is -2.08. The molecule has 0 aliphatic carbocycles. The zero-order valence-corrected chi connectivity index (χ0v) is 15.8. The quantitative estimate of drug-likeness (QED) is 0.431. The van der Waals surface area contributed by atoms with Crippen LogP contribution in [0, 0.1) is 0 Å². The van der Waals surface area contributed by atoms with E-state index in [-0.39, 0.29) is 17.3 Å². The Hall–Kier alpha value is -2.83. The lowest BCUT2D eigenvalue weighted by molar-refractivity contribution is -0.132. The third-order valence-electron chi connectivity index (χ3n) is 3.52. The molecule has 0 bridgehead atoms. The van der Waals surface area contributed by atoms with Crippen LogP contribution in [0.4, 0.5) is 0 Å². The maximum absolute atomic E-state index is 12.1. The number of cyclic esters (lactones) is 1. The van der Waals surface area contributed by atoms with Crippen LogP contribution in [0.2, 0.25) is 10.0 Å². The molecule has 0 fully saturated rings. The van der Waals surface area contributed by atoms with Gasteiger partial charge >= 0.3 is 11.9 Å². The predicted octanol–water partition coefficient (Wildman–Crippen LogP) is 4.27. The number of carbonyl (C=O) groups excluding carboxylic acids is 2. The van der Waals surface area contributed by atoms with Gasteiger partial charge in [-0.3, -0.25) is 4.79 Å². The van der Waals surface area contributed by atoms with Crippen molar-refractivity contribution in [1.82, 2.24) is 0 Å². The van der Waals surface area contributed by atoms with E-state index in [0.717, 1.165) is 0 Å². The molecule has 6 nitrogen and oxygen atoms in total. The second-order valence-electron chi connectivity index (χ2n) is 5.46. The minimum Gasteiger partial charge on any atom is -0.493 e. The number of carbonyl (C=O) groups is 2. The monoisotopic (exact) mass is 405 g/mol. The summed E-state index contributed by atoms with van der Waals surface area (Å²) >= 11 is 12.1. The predicted molar refractivity (Wildman–Crippen MR) is 101 cm³/mol. The summed E-state index contributed by atoms with van der Waals surface area (Å²) in [4.78, 5) is 27.5. The van der Waals surface area contributed by atoms with Crippen LogP contribution in [0.1, 0.15) is 18.1 Å². The Morgan fingerprint density at radius 2 is 1.93 bits per heavy atom. The normalized spacial score (nSPS) is 14.7. The molecule has 0 saturated heterocycles. The molecule has 3 rings (SSSR count). The summed E-state index contributed by atoms with van der Waals surface area (Å²) in [7, 11) is 1.44. The topological polar surface area (TPSA) is 74.2 Å². The molecule has 0 radical (unpaired) electrons. The minimum atomic E-state index is -0.621. The van der Waals surface area contributed by atoms with Gasteiger partial charge in [0.1, 0.15) is 0 Å². The van der Waals surface area contributed by atoms with Crippen molar-refractivity contribution >= 4 is 47.1 Å². The Morgan fingerprint density at radius 3 is 2.63 bits per heavy atom. The van der Waals surface area contributed by atoms with Crippen molar-refractivity contribution in [2.45, 2.75) is 6.92 Å². The maximum Gasteiger partial charge on any atom is 0.363 e. The maximum atomic E-state index is 12.1. The van der Waals surface area contributed by atoms with Gasteiger partial charge in [0.15, 0.2) is 17.2 Å². The molecule has 0 aromatic heterocycles. The van der Waals surface area contributed by atoms with Crippen LogP contribution in [0.3, 0.4) is 0 Å². The third kappa shape index (κ3) is 4.30. The molecule has 1 aliphatic heterocycles. The van der Waals surface area contributed by atoms with Gasteiger partial charge in [-0.1, -0.05) is 29.3 Å². The van der Waals surface area contributed by atoms with Gasteiger partial charge in [0.2, 0.25) is 5.90 Å². The van der Waals surface area contributed by atoms with E-state index in [2.05, 4.69) is 4.99 Å². The number of hydrogen-bond donors (Lipinski definition) is 0. The molecular formula is C19H13Cl2NO5. The van der Waals surface area contributed by atoms with Crippen LogP contribution in [-0.2, 0) is 14.3 Å². The first kappa shape index (κ1) is 18.9. The number of esters is 2. The number of methoxy groups -OCH3 is 1. The summed E-state index contributed by atoms with van der Waals surface area (Å²) in [6.07, 6.45) is 1.52. The van der Waals surface area contributed by atoms with Gasteiger partial charge in [-0.15, -0.1) is 0 Å². The van der Waals surface area contributed by atoms with Crippen molar-refractivity contribution in [2.24, 2.45) is 4.99 Å². The average molecular weight is 406 g/mol. The Morgan fingerprint density at radius 1 is 1.15 bits per heavy atom. The number of benzene rings is 2. The lowest BCUT2D eigenvalue weighted by atomic mass is 10.1. The third-order valence-corrected chi connectivity index (χ3v) is 4.09. The number of halogens is 2. The first-order valence-electron chi connectivity index (χ1n) is 7.72. The summed E-state index contributed by atoms with van der Waals surface area (Å²) < 4.78 is 15.5. The molecule has 0 amide bonds. The molecule has 0 spiro atoms. The van der Waals surface area contributed by atoms with Crippen molar-refractivity contribution in [3.63, 3.8) is 0 Å². The number of ether oxygens (including phenoxy) is 3. The molecule has 1 aliphatic rings. The molecule has 0 N–H and O–H groups in total. The molecule has 138 valence electrons. The Bertz CT molecular complexity index is 998. The highest BCUT2D eigenvalue weighted by Gasteiger charge is 2.26. The number of nitrogens with zero attached hydrogens (tertiary/aromatic N) is 1. The summed E-state index contributed by atoms with van der Waals surface area (Å²) in [5, 5.41) is 0.802. The minimum absolute atomic E-state index is 0.0715. The lowest BCUT2D eigenvalue weighted by Crippen LogP contribution is -2.06. The average Bonchev–Trinajstić information content (AvgIpc) is 2.98. The van der Waals surface area contributed by atoms with Gasteiger partial charge in [0.05, 0.1) is 17.7 Å². The van der Waals surface area contributed by atoms with E-state index in [9.17, 15) is 9.59 Å². The molecule has 2 aromatic carbocycles. The van der Waals surface area contributed by atoms with Crippen LogP contribution in [-0.4, -0.2) is 24.9 Å². The molecule has 2 aromatic rings. The zero-order chi connectivity index (χ0) is 19.6. The first-order chi connectivity index (χ1) is 12.9. The molecule has 0 saturated carbocycles. The highest BCUT2D eigenvalue weighted by Crippen LogP contribution is 2.30. The fourth-order valence-electron chi connectivity index (χ4n) is 2.36. The molecule has 27 heavy (non-hydrogen) atoms. The zero-order valence-electron chi connectivity index (χ0n) is 14.3. The van der Waals surface area contributed by atoms with Gasteiger partial charge < -0.3 is 14.2 Å². The molecular weight excluding hydrogens is 393 g/mol. The number of rotatable bonds is 4. The van der Waals surface area contributed by atoms with Crippen LogP contribution in [0.15, 0.2) is 47.1 Å². The van der Waals surface area contributed by atoms with Crippen molar-refractivity contribution in [3.8, 4) is 11.5 Å². The standard InChI is InChI=1S/C19H13Cl2NO5/c1-10(23)26-16-6-3-11(8-17(16)25-2)7-15-19(24)27-18(22-15)13-9-12(20)4-5-14(13)21/h3-9H,1-2H3/b15-7+. The molecule has 8 heteroatoms. The van der Waals surface area contributed by atoms with Gasteiger partial charge in [-0.2, -0.15) is 0 Å². The second-order valence-corrected chi connectivity index (χ2v) is 6.31. The highest BCUT2D eigenvalue weighted by molar-refractivity contribution is 6.36. The van der Waals surface area contributed by atoms with E-state index in [0.29, 0.717) is 26.9 Å². The summed E-state index contributed by atoms with van der Waals surface area (Å²) in [6.45, 7) is 1.29. The number of aliphatic imine (C=N–C) groups is 1. The van der Waals surface area contributed by atoms with E-state index in [1.165, 1.54) is 20.1 Å². The van der Waals surface area contributed by atoms with E-state index in [4.69, 9.17) is 37.4 Å². The van der Waals surface area contributed by atoms with Crippen molar-refractivity contribution < 1.29 is 23.8 Å². The Kier molecular flexibility index (Phi) is 5.48. The van der Waals surface area contributed by atoms with Crippen LogP contribution in [0.5, 0.6) is 11.5 Å². The number of hydrogen-bond acceptors (Lipinski definition) is 6.